The number of rotatable bonds is 1. The Bertz CT molecular complexity index is 590. The number of nitrogens with zero attached hydrogens (tertiary/aromatic N) is 2. The molecular formula is C15H21N3O. The van der Waals surface area contributed by atoms with E-state index < -0.39 is 0 Å². The molecule has 3 N–H and O–H groups in total. The number of hydrogen-bond donors (Lipinski definition) is 2. The predicted octanol–water partition coefficient (Wildman–Crippen LogP) is 2.79. The lowest BCUT2D eigenvalue weighted by Gasteiger charge is -2.23. The fourth-order valence-electron chi connectivity index (χ4n) is 3.15. The minimum absolute atomic E-state index is 0.0650. The molecule has 0 spiro atoms. The number of aryl methyl sites for hydroxylation is 1. The quantitative estimate of drug-likeness (QED) is 0.774. The predicted molar refractivity (Wildman–Crippen MR) is 77.0 cm³/mol. The van der Waals surface area contributed by atoms with Crippen LogP contribution in [0.15, 0.2) is 18.2 Å². The molecule has 1 aromatic carbocycles. The molecule has 1 aliphatic carbocycles. The number of benzene rings is 1. The van der Waals surface area contributed by atoms with Crippen LogP contribution in [-0.2, 0) is 0 Å². The number of aliphatic hydroxyl groups excluding tert-OH is 1. The molecule has 4 nitrogen and oxygen atoms in total. The zero-order valence-corrected chi connectivity index (χ0v) is 11.3. The lowest BCUT2D eigenvalue weighted by atomic mass is 10.1. The minimum Gasteiger partial charge on any atom is -0.391 e. The highest BCUT2D eigenvalue weighted by atomic mass is 16.3. The van der Waals surface area contributed by atoms with Crippen molar-refractivity contribution in [2.75, 3.05) is 5.73 Å². The first-order valence-corrected chi connectivity index (χ1v) is 7.09. The van der Waals surface area contributed by atoms with Crippen LogP contribution < -0.4 is 5.73 Å². The molecule has 1 fully saturated rings. The summed E-state index contributed by atoms with van der Waals surface area (Å²) in [6, 6.07) is 6.25. The first-order chi connectivity index (χ1) is 9.16. The van der Waals surface area contributed by atoms with E-state index in [0.29, 0.717) is 5.95 Å². The molecule has 0 bridgehead atoms. The van der Waals surface area contributed by atoms with Crippen LogP contribution in [0.5, 0.6) is 0 Å². The van der Waals surface area contributed by atoms with Crippen molar-refractivity contribution in [2.24, 2.45) is 0 Å². The molecule has 0 saturated heterocycles. The monoisotopic (exact) mass is 259 g/mol. The van der Waals surface area contributed by atoms with Gasteiger partial charge in [-0.05, 0) is 37.5 Å². The maximum Gasteiger partial charge on any atom is 0.201 e. The highest BCUT2D eigenvalue weighted by Gasteiger charge is 2.26. The summed E-state index contributed by atoms with van der Waals surface area (Å²) in [6.07, 6.45) is 4.96. The Hall–Kier alpha value is -1.55. The van der Waals surface area contributed by atoms with Crippen LogP contribution in [0.1, 0.15) is 43.7 Å². The van der Waals surface area contributed by atoms with Gasteiger partial charge in [-0.15, -0.1) is 0 Å². The van der Waals surface area contributed by atoms with Gasteiger partial charge in [-0.3, -0.25) is 0 Å². The third-order valence-electron chi connectivity index (χ3n) is 4.15. The lowest BCUT2D eigenvalue weighted by molar-refractivity contribution is 0.108. The summed E-state index contributed by atoms with van der Waals surface area (Å²) in [5, 5.41) is 10.4. The summed E-state index contributed by atoms with van der Waals surface area (Å²) < 4.78 is 2.03. The van der Waals surface area contributed by atoms with Crippen molar-refractivity contribution in [1.82, 2.24) is 9.55 Å². The second-order valence-electron chi connectivity index (χ2n) is 5.60. The van der Waals surface area contributed by atoms with Crippen LogP contribution in [0, 0.1) is 6.92 Å². The molecule has 1 heterocycles. The fraction of sp³-hybridized carbons (Fsp3) is 0.533. The molecule has 2 unspecified atom stereocenters. The average molecular weight is 259 g/mol. The Balaban J connectivity index is 2.10. The summed E-state index contributed by atoms with van der Waals surface area (Å²) in [4.78, 5) is 4.44. The van der Waals surface area contributed by atoms with Crippen LogP contribution in [0.3, 0.4) is 0 Å². The minimum atomic E-state index is -0.316. The van der Waals surface area contributed by atoms with Crippen molar-refractivity contribution in [3.05, 3.63) is 23.8 Å². The molecule has 0 radical (unpaired) electrons. The second-order valence-corrected chi connectivity index (χ2v) is 5.60. The summed E-state index contributed by atoms with van der Waals surface area (Å²) in [6.45, 7) is 2.05. The fourth-order valence-corrected chi connectivity index (χ4v) is 3.15. The van der Waals surface area contributed by atoms with Crippen molar-refractivity contribution < 1.29 is 5.11 Å². The molecule has 0 amide bonds. The van der Waals surface area contributed by atoms with Crippen LogP contribution in [-0.4, -0.2) is 20.8 Å². The number of aliphatic hydroxyl groups is 1. The summed E-state index contributed by atoms with van der Waals surface area (Å²) >= 11 is 0. The summed E-state index contributed by atoms with van der Waals surface area (Å²) in [7, 11) is 0. The molecule has 3 rings (SSSR count). The van der Waals surface area contributed by atoms with E-state index >= 15 is 0 Å². The normalized spacial score (nSPS) is 24.5. The topological polar surface area (TPSA) is 64.1 Å². The molecule has 2 aromatic rings. The van der Waals surface area contributed by atoms with E-state index in [1.54, 1.807) is 0 Å². The number of fused-ring (bicyclic) bond motifs is 1. The Morgan fingerprint density at radius 3 is 2.89 bits per heavy atom. The molecule has 19 heavy (non-hydrogen) atoms. The maximum absolute atomic E-state index is 10.4. The molecule has 0 aliphatic heterocycles. The Labute approximate surface area is 113 Å². The van der Waals surface area contributed by atoms with Gasteiger partial charge in [0, 0.05) is 0 Å². The highest BCUT2D eigenvalue weighted by molar-refractivity contribution is 5.79. The van der Waals surface area contributed by atoms with Gasteiger partial charge in [0.2, 0.25) is 5.95 Å². The maximum atomic E-state index is 10.4. The molecule has 1 aliphatic rings. The van der Waals surface area contributed by atoms with Crippen molar-refractivity contribution in [1.29, 1.82) is 0 Å². The van der Waals surface area contributed by atoms with Crippen molar-refractivity contribution in [3.8, 4) is 0 Å². The molecular weight excluding hydrogens is 238 g/mol. The van der Waals surface area contributed by atoms with Gasteiger partial charge in [-0.25, -0.2) is 4.98 Å². The number of imidazole rings is 1. The Morgan fingerprint density at radius 1 is 1.26 bits per heavy atom. The van der Waals surface area contributed by atoms with Crippen LogP contribution in [0.2, 0.25) is 0 Å². The van der Waals surface area contributed by atoms with Gasteiger partial charge >= 0.3 is 0 Å². The molecule has 1 saturated carbocycles. The van der Waals surface area contributed by atoms with Gasteiger partial charge in [0.1, 0.15) is 0 Å². The zero-order chi connectivity index (χ0) is 13.4. The molecule has 1 aromatic heterocycles. The van der Waals surface area contributed by atoms with E-state index in [0.717, 1.165) is 36.7 Å². The van der Waals surface area contributed by atoms with Crippen molar-refractivity contribution >= 4 is 17.0 Å². The van der Waals surface area contributed by atoms with Crippen LogP contribution in [0.4, 0.5) is 5.95 Å². The zero-order valence-electron chi connectivity index (χ0n) is 11.3. The van der Waals surface area contributed by atoms with E-state index in [2.05, 4.69) is 24.0 Å². The standard InChI is InChI=1S/C15H21N3O/c1-10-7-8-12-11(9-10)17-15(16)18(12)13-5-3-2-4-6-14(13)19/h7-9,13-14,19H,2-6H2,1H3,(H2,16,17). The third kappa shape index (κ3) is 2.21. The molecule has 4 heteroatoms. The van der Waals surface area contributed by atoms with E-state index in [1.807, 2.05) is 10.6 Å². The Kier molecular flexibility index (Phi) is 3.19. The van der Waals surface area contributed by atoms with Gasteiger partial charge in [0.05, 0.1) is 23.2 Å². The molecule has 2 atom stereocenters. The number of aromatic nitrogens is 2. The number of nitrogens with two attached hydrogens (primary N) is 1. The second kappa shape index (κ2) is 4.85. The first-order valence-electron chi connectivity index (χ1n) is 7.09. The SMILES string of the molecule is Cc1ccc2c(c1)nc(N)n2C1CCCCCC1O. The summed E-state index contributed by atoms with van der Waals surface area (Å²) in [5.74, 6) is 0.520. The largest absolute Gasteiger partial charge is 0.391 e. The van der Waals surface area contributed by atoms with Crippen LogP contribution >= 0.6 is 0 Å². The number of nitrogen functional groups attached to an aromatic ring is 1. The lowest BCUT2D eigenvalue weighted by Crippen LogP contribution is -2.24. The smallest absolute Gasteiger partial charge is 0.201 e. The van der Waals surface area contributed by atoms with E-state index in [4.69, 9.17) is 5.73 Å². The molecule has 102 valence electrons. The first kappa shape index (κ1) is 12.5. The van der Waals surface area contributed by atoms with Crippen molar-refractivity contribution in [3.63, 3.8) is 0 Å². The van der Waals surface area contributed by atoms with Gasteiger partial charge < -0.3 is 15.4 Å². The van der Waals surface area contributed by atoms with Crippen LogP contribution in [0.25, 0.3) is 11.0 Å². The average Bonchev–Trinajstić information content (AvgIpc) is 2.54. The van der Waals surface area contributed by atoms with E-state index in [1.165, 1.54) is 12.0 Å². The van der Waals surface area contributed by atoms with Gasteiger partial charge in [0.15, 0.2) is 0 Å². The van der Waals surface area contributed by atoms with Gasteiger partial charge in [-0.2, -0.15) is 0 Å². The number of anilines is 1. The third-order valence-corrected chi connectivity index (χ3v) is 4.15. The summed E-state index contributed by atoms with van der Waals surface area (Å²) in [5.41, 5.74) is 9.23. The van der Waals surface area contributed by atoms with Gasteiger partial charge in [0.25, 0.3) is 0 Å². The van der Waals surface area contributed by atoms with E-state index in [9.17, 15) is 5.11 Å². The van der Waals surface area contributed by atoms with Gasteiger partial charge in [-0.1, -0.05) is 25.3 Å². The Morgan fingerprint density at radius 2 is 2.05 bits per heavy atom. The number of hydrogen-bond acceptors (Lipinski definition) is 3. The van der Waals surface area contributed by atoms with Crippen molar-refractivity contribution in [2.45, 2.75) is 51.2 Å². The van der Waals surface area contributed by atoms with E-state index in [-0.39, 0.29) is 12.1 Å². The highest BCUT2D eigenvalue weighted by Crippen LogP contribution is 2.33.